The number of nitrogens with zero attached hydrogens (tertiary/aromatic N) is 1. The van der Waals surface area contributed by atoms with E-state index in [0.717, 1.165) is 28.9 Å². The number of halogens is 2. The van der Waals surface area contributed by atoms with E-state index in [1.807, 2.05) is 31.3 Å². The summed E-state index contributed by atoms with van der Waals surface area (Å²) in [5.74, 6) is 3.02. The number of benzene rings is 1. The predicted octanol–water partition coefficient (Wildman–Crippen LogP) is 5.32. The van der Waals surface area contributed by atoms with E-state index in [0.29, 0.717) is 11.8 Å². The number of aryl methyl sites for hydroxylation is 1. The van der Waals surface area contributed by atoms with Gasteiger partial charge in [-0.1, -0.05) is 25.5 Å². The third-order valence-corrected chi connectivity index (χ3v) is 5.16. The Kier molecular flexibility index (Phi) is 7.44. The number of rotatable bonds is 3. The van der Waals surface area contributed by atoms with E-state index >= 15 is 0 Å². The van der Waals surface area contributed by atoms with Gasteiger partial charge in [0.15, 0.2) is 0 Å². The van der Waals surface area contributed by atoms with E-state index in [2.05, 4.69) is 6.92 Å². The summed E-state index contributed by atoms with van der Waals surface area (Å²) in [6, 6.07) is 6.33. The first-order chi connectivity index (χ1) is 10.6. The molecule has 0 saturated heterocycles. The number of hydrogen-bond donors (Lipinski definition) is 1. The molecule has 120 valence electrons. The molecule has 1 N–H and O–H groups in total. The van der Waals surface area contributed by atoms with Gasteiger partial charge < -0.3 is 5.11 Å². The standard InChI is InChI=1S/C17H23NO.2ClH.Zr/c1-3-12-7-15-8-14(12)9-16(15)18-10-13-6-4-5-11(2)17(13)19;;;/h4-6,10,12,14-16,19H,3,7-9H2,1-2H3;2*1H;/q;;;+2/p-2. The molecule has 2 aliphatic rings. The maximum absolute atomic E-state index is 9.99. The first-order valence-corrected chi connectivity index (χ1v) is 14.2. The third-order valence-electron chi connectivity index (χ3n) is 5.16. The molecule has 0 radical (unpaired) electrons. The number of phenolic OH excluding ortho intramolecular Hbond substituents is 1. The van der Waals surface area contributed by atoms with Crippen molar-refractivity contribution in [3.63, 3.8) is 0 Å². The van der Waals surface area contributed by atoms with Crippen molar-refractivity contribution in [2.75, 3.05) is 0 Å². The summed E-state index contributed by atoms with van der Waals surface area (Å²) in [5.41, 5.74) is 1.78. The Bertz CT molecular complexity index is 523. The van der Waals surface area contributed by atoms with Gasteiger partial charge in [0.1, 0.15) is 5.75 Å². The summed E-state index contributed by atoms with van der Waals surface area (Å²) in [7, 11) is 9.87. The third kappa shape index (κ3) is 4.37. The topological polar surface area (TPSA) is 32.6 Å². The molecule has 4 unspecified atom stereocenters. The van der Waals surface area contributed by atoms with E-state index in [4.69, 9.17) is 22.0 Å². The normalized spacial score (nSPS) is 29.5. The van der Waals surface area contributed by atoms with Gasteiger partial charge in [0, 0.05) is 11.8 Å². The molecule has 2 nitrogen and oxygen atoms in total. The molecule has 0 heterocycles. The zero-order chi connectivity index (χ0) is 16.1. The predicted molar refractivity (Wildman–Crippen MR) is 90.5 cm³/mol. The Morgan fingerprint density at radius 1 is 1.27 bits per heavy atom. The number of aliphatic imine (C=N–C) groups is 1. The molecule has 2 fully saturated rings. The van der Waals surface area contributed by atoms with Gasteiger partial charge in [0.25, 0.3) is 0 Å². The summed E-state index contributed by atoms with van der Waals surface area (Å²) < 4.78 is 0. The molecule has 1 aromatic rings. The molecular formula is C17H23Cl2NOZr. The molecule has 5 heteroatoms. The summed E-state index contributed by atoms with van der Waals surface area (Å²) in [6.45, 7) is 4.24. The van der Waals surface area contributed by atoms with Crippen LogP contribution in [0.1, 0.15) is 43.7 Å². The van der Waals surface area contributed by atoms with E-state index in [1.54, 1.807) is 0 Å². The van der Waals surface area contributed by atoms with Crippen molar-refractivity contribution in [2.45, 2.75) is 45.6 Å². The van der Waals surface area contributed by atoms with Crippen LogP contribution in [0, 0.1) is 24.7 Å². The molecule has 22 heavy (non-hydrogen) atoms. The van der Waals surface area contributed by atoms with E-state index in [-0.39, 0.29) is 0 Å². The first-order valence-electron chi connectivity index (χ1n) is 7.88. The molecule has 4 atom stereocenters. The fraction of sp³-hybridized carbons (Fsp3) is 0.588. The zero-order valence-electron chi connectivity index (χ0n) is 13.1. The van der Waals surface area contributed by atoms with Crippen LogP contribution in [0.4, 0.5) is 0 Å². The average Bonchev–Trinajstić information content (AvgIpc) is 3.09. The van der Waals surface area contributed by atoms with Crippen molar-refractivity contribution in [1.29, 1.82) is 0 Å². The minimum absolute atomic E-state index is 0.376. The number of hydrogen-bond acceptors (Lipinski definition) is 2. The van der Waals surface area contributed by atoms with Gasteiger partial charge in [-0.05, 0) is 55.6 Å². The molecule has 1 aromatic carbocycles. The van der Waals surface area contributed by atoms with Crippen LogP contribution >= 0.6 is 17.0 Å². The van der Waals surface area contributed by atoms with Crippen molar-refractivity contribution in [3.05, 3.63) is 29.3 Å². The fourth-order valence-corrected chi connectivity index (χ4v) is 4.01. The number of fused-ring (bicyclic) bond motifs is 2. The van der Waals surface area contributed by atoms with Gasteiger partial charge in [0.2, 0.25) is 0 Å². The molecular weight excluding hydrogens is 396 g/mol. The first kappa shape index (κ1) is 18.5. The molecule has 2 bridgehead atoms. The Labute approximate surface area is 152 Å². The van der Waals surface area contributed by atoms with E-state index in [1.165, 1.54) is 25.7 Å². The van der Waals surface area contributed by atoms with Crippen LogP contribution in [0.15, 0.2) is 23.2 Å². The Balaban J connectivity index is 0.000000545. The van der Waals surface area contributed by atoms with E-state index < -0.39 is 20.8 Å². The van der Waals surface area contributed by atoms with Crippen LogP contribution < -0.4 is 0 Å². The summed E-state index contributed by atoms with van der Waals surface area (Å²) in [4.78, 5) is 4.76. The number of para-hydroxylation sites is 1. The van der Waals surface area contributed by atoms with Gasteiger partial charge >= 0.3 is 37.9 Å². The maximum atomic E-state index is 9.99. The van der Waals surface area contributed by atoms with Gasteiger partial charge in [-0.25, -0.2) is 0 Å². The molecule has 2 aliphatic carbocycles. The quantitative estimate of drug-likeness (QED) is 0.661. The molecule has 0 amide bonds. The van der Waals surface area contributed by atoms with Gasteiger partial charge in [-0.2, -0.15) is 0 Å². The van der Waals surface area contributed by atoms with Gasteiger partial charge in [-0.3, -0.25) is 4.99 Å². The zero-order valence-corrected chi connectivity index (χ0v) is 17.1. The molecule has 2 saturated carbocycles. The molecule has 0 spiro atoms. The summed E-state index contributed by atoms with van der Waals surface area (Å²) >= 11 is -0.826. The van der Waals surface area contributed by atoms with Crippen LogP contribution in [0.3, 0.4) is 0 Å². The second-order valence-electron chi connectivity index (χ2n) is 6.33. The minimum atomic E-state index is -0.826. The fourth-order valence-electron chi connectivity index (χ4n) is 4.01. The van der Waals surface area contributed by atoms with Gasteiger partial charge in [-0.15, -0.1) is 0 Å². The Morgan fingerprint density at radius 2 is 2.00 bits per heavy atom. The second kappa shape index (κ2) is 8.85. The number of phenols is 1. The van der Waals surface area contributed by atoms with Crippen LogP contribution in [0.2, 0.25) is 0 Å². The summed E-state index contributed by atoms with van der Waals surface area (Å²) in [6.07, 6.45) is 7.21. The van der Waals surface area contributed by atoms with E-state index in [9.17, 15) is 5.11 Å². The van der Waals surface area contributed by atoms with Crippen LogP contribution in [-0.4, -0.2) is 17.4 Å². The average molecular weight is 420 g/mol. The van der Waals surface area contributed by atoms with Crippen molar-refractivity contribution >= 4 is 23.2 Å². The van der Waals surface area contributed by atoms with Crippen LogP contribution in [0.25, 0.3) is 0 Å². The Morgan fingerprint density at radius 3 is 2.59 bits per heavy atom. The Hall–Kier alpha value is 0.153. The molecule has 0 aromatic heterocycles. The second-order valence-corrected chi connectivity index (χ2v) is 10.1. The SMILES string of the molecule is CCC1CC2CC1CC2N=Cc1cccc(C)c1O.[Cl][Zr][Cl]. The number of aromatic hydroxyl groups is 1. The van der Waals surface area contributed by atoms with Crippen LogP contribution in [-0.2, 0) is 20.8 Å². The molecule has 0 aliphatic heterocycles. The van der Waals surface area contributed by atoms with Crippen molar-refractivity contribution < 1.29 is 26.0 Å². The summed E-state index contributed by atoms with van der Waals surface area (Å²) in [5, 5.41) is 9.99. The van der Waals surface area contributed by atoms with Gasteiger partial charge in [0.05, 0.1) is 6.04 Å². The van der Waals surface area contributed by atoms with Crippen molar-refractivity contribution in [3.8, 4) is 5.75 Å². The van der Waals surface area contributed by atoms with Crippen LogP contribution in [0.5, 0.6) is 5.75 Å². The monoisotopic (exact) mass is 417 g/mol. The van der Waals surface area contributed by atoms with Crippen molar-refractivity contribution in [2.24, 2.45) is 22.7 Å². The van der Waals surface area contributed by atoms with Crippen molar-refractivity contribution in [1.82, 2.24) is 0 Å². The molecule has 3 rings (SSSR count).